The lowest BCUT2D eigenvalue weighted by Crippen LogP contribution is -2.30. The Labute approximate surface area is 128 Å². The van der Waals surface area contributed by atoms with Crippen LogP contribution in [0.1, 0.15) is 12.0 Å². The molecule has 0 atom stereocenters. The zero-order valence-corrected chi connectivity index (χ0v) is 12.6. The molecule has 112 valence electrons. The molecule has 0 radical (unpaired) electrons. The summed E-state index contributed by atoms with van der Waals surface area (Å²) in [7, 11) is 0. The number of benzene rings is 1. The number of amides is 1. The van der Waals surface area contributed by atoms with Gasteiger partial charge in [0.25, 0.3) is 5.91 Å². The molecule has 1 aromatic heterocycles. The number of rotatable bonds is 7. The number of carbonyl (C=O) groups excluding carboxylic acids is 1. The highest BCUT2D eigenvalue weighted by atomic mass is 35.5. The molecule has 6 heteroatoms. The average molecular weight is 308 g/mol. The molecule has 0 unspecified atom stereocenters. The molecule has 0 saturated heterocycles. The van der Waals surface area contributed by atoms with Crippen LogP contribution in [0.4, 0.5) is 0 Å². The molecule has 0 aliphatic heterocycles. The second-order valence-corrected chi connectivity index (χ2v) is 5.11. The van der Waals surface area contributed by atoms with E-state index in [0.717, 1.165) is 18.5 Å². The van der Waals surface area contributed by atoms with Gasteiger partial charge in [0.05, 0.1) is 6.33 Å². The summed E-state index contributed by atoms with van der Waals surface area (Å²) in [4.78, 5) is 15.6. The van der Waals surface area contributed by atoms with E-state index < -0.39 is 0 Å². The summed E-state index contributed by atoms with van der Waals surface area (Å²) in [5.41, 5.74) is 0.926. The highest BCUT2D eigenvalue weighted by molar-refractivity contribution is 6.31. The Morgan fingerprint density at radius 3 is 3.05 bits per heavy atom. The Bertz CT molecular complexity index is 585. The molecule has 0 bridgehead atoms. The lowest BCUT2D eigenvalue weighted by Gasteiger charge is -2.08. The Hall–Kier alpha value is -2.01. The first kappa shape index (κ1) is 15.4. The monoisotopic (exact) mass is 307 g/mol. The molecular weight excluding hydrogens is 290 g/mol. The molecule has 1 N–H and O–H groups in total. The van der Waals surface area contributed by atoms with Crippen molar-refractivity contribution in [1.82, 2.24) is 14.9 Å². The smallest absolute Gasteiger partial charge is 0.257 e. The Morgan fingerprint density at radius 1 is 1.48 bits per heavy atom. The Kier molecular flexibility index (Phi) is 5.63. The summed E-state index contributed by atoms with van der Waals surface area (Å²) in [5.74, 6) is 0.513. The van der Waals surface area contributed by atoms with Crippen molar-refractivity contribution in [2.75, 3.05) is 13.2 Å². The summed E-state index contributed by atoms with van der Waals surface area (Å²) >= 11 is 5.93. The van der Waals surface area contributed by atoms with Crippen molar-refractivity contribution >= 4 is 17.5 Å². The summed E-state index contributed by atoms with van der Waals surface area (Å²) in [6, 6.07) is 5.32. The van der Waals surface area contributed by atoms with Crippen molar-refractivity contribution in [2.24, 2.45) is 0 Å². The number of imidazole rings is 1. The van der Waals surface area contributed by atoms with E-state index in [-0.39, 0.29) is 12.5 Å². The molecule has 5 nitrogen and oxygen atoms in total. The number of carbonyl (C=O) groups is 1. The summed E-state index contributed by atoms with van der Waals surface area (Å²) in [6.07, 6.45) is 6.24. The SMILES string of the molecule is Cc1cc(OCC(=O)NCCCn2ccnc2)ccc1Cl. The largest absolute Gasteiger partial charge is 0.484 e. The Morgan fingerprint density at radius 2 is 2.33 bits per heavy atom. The third-order valence-electron chi connectivity index (χ3n) is 2.97. The van der Waals surface area contributed by atoms with E-state index in [4.69, 9.17) is 16.3 Å². The van der Waals surface area contributed by atoms with Crippen molar-refractivity contribution in [3.05, 3.63) is 47.5 Å². The predicted molar refractivity (Wildman–Crippen MR) is 81.5 cm³/mol. The molecule has 21 heavy (non-hydrogen) atoms. The van der Waals surface area contributed by atoms with Crippen molar-refractivity contribution in [2.45, 2.75) is 19.9 Å². The molecule has 1 heterocycles. The highest BCUT2D eigenvalue weighted by Crippen LogP contribution is 2.20. The number of aromatic nitrogens is 2. The molecule has 1 amide bonds. The van der Waals surface area contributed by atoms with Gasteiger partial charge in [0.15, 0.2) is 6.61 Å². The molecule has 0 aliphatic rings. The fourth-order valence-corrected chi connectivity index (χ4v) is 1.93. The molecule has 0 aliphatic carbocycles. The first-order chi connectivity index (χ1) is 10.1. The van der Waals surface area contributed by atoms with Gasteiger partial charge >= 0.3 is 0 Å². The van der Waals surface area contributed by atoms with Crippen LogP contribution in [0.25, 0.3) is 0 Å². The topological polar surface area (TPSA) is 56.1 Å². The molecule has 2 rings (SSSR count). The van der Waals surface area contributed by atoms with Crippen LogP contribution in [0.5, 0.6) is 5.75 Å². The van der Waals surface area contributed by atoms with Gasteiger partial charge in [-0.1, -0.05) is 11.6 Å². The first-order valence-electron chi connectivity index (χ1n) is 6.76. The maximum absolute atomic E-state index is 11.6. The number of nitrogens with zero attached hydrogens (tertiary/aromatic N) is 2. The normalized spacial score (nSPS) is 10.4. The van der Waals surface area contributed by atoms with Gasteiger partial charge in [-0.05, 0) is 37.1 Å². The second kappa shape index (κ2) is 7.69. The maximum atomic E-state index is 11.6. The third-order valence-corrected chi connectivity index (χ3v) is 3.40. The molecule has 0 fully saturated rings. The van der Waals surface area contributed by atoms with Crippen LogP contribution in [-0.4, -0.2) is 28.6 Å². The van der Waals surface area contributed by atoms with Crippen molar-refractivity contribution < 1.29 is 9.53 Å². The van der Waals surface area contributed by atoms with Crippen LogP contribution in [0.15, 0.2) is 36.9 Å². The van der Waals surface area contributed by atoms with Crippen molar-refractivity contribution in [3.63, 3.8) is 0 Å². The van der Waals surface area contributed by atoms with E-state index in [1.807, 2.05) is 23.8 Å². The predicted octanol–water partition coefficient (Wildman–Crippen LogP) is 2.43. The third kappa shape index (κ3) is 5.11. The van der Waals surface area contributed by atoms with E-state index in [1.165, 1.54) is 0 Å². The van der Waals surface area contributed by atoms with Crippen LogP contribution in [-0.2, 0) is 11.3 Å². The summed E-state index contributed by atoms with van der Waals surface area (Å²) in [6.45, 7) is 3.34. The van der Waals surface area contributed by atoms with Gasteiger partial charge in [-0.15, -0.1) is 0 Å². The lowest BCUT2D eigenvalue weighted by atomic mass is 10.2. The van der Waals surface area contributed by atoms with E-state index >= 15 is 0 Å². The van der Waals surface area contributed by atoms with Crippen LogP contribution in [0.3, 0.4) is 0 Å². The molecule has 2 aromatic rings. The number of halogens is 1. The van der Waals surface area contributed by atoms with Crippen LogP contribution < -0.4 is 10.1 Å². The highest BCUT2D eigenvalue weighted by Gasteiger charge is 2.03. The van der Waals surface area contributed by atoms with Crippen molar-refractivity contribution in [1.29, 1.82) is 0 Å². The molecule has 1 aromatic carbocycles. The van der Waals surface area contributed by atoms with E-state index in [0.29, 0.717) is 17.3 Å². The zero-order chi connectivity index (χ0) is 15.1. The summed E-state index contributed by atoms with van der Waals surface area (Å²) < 4.78 is 7.39. The average Bonchev–Trinajstić information content (AvgIpc) is 2.98. The van der Waals surface area contributed by atoms with Crippen LogP contribution >= 0.6 is 11.6 Å². The standard InChI is InChI=1S/C15H18ClN3O2/c1-12-9-13(3-4-14(12)16)21-10-15(20)18-5-2-7-19-8-6-17-11-19/h3-4,6,8-9,11H,2,5,7,10H2,1H3,(H,18,20). The van der Waals surface area contributed by atoms with E-state index in [2.05, 4.69) is 10.3 Å². The number of hydrogen-bond donors (Lipinski definition) is 1. The van der Waals surface area contributed by atoms with Crippen LogP contribution in [0, 0.1) is 6.92 Å². The minimum atomic E-state index is -0.131. The Balaban J connectivity index is 1.64. The molecule has 0 saturated carbocycles. The lowest BCUT2D eigenvalue weighted by molar-refractivity contribution is -0.123. The fraction of sp³-hybridized carbons (Fsp3) is 0.333. The van der Waals surface area contributed by atoms with Gasteiger partial charge in [0.2, 0.25) is 0 Å². The summed E-state index contributed by atoms with van der Waals surface area (Å²) in [5, 5.41) is 3.50. The number of hydrogen-bond acceptors (Lipinski definition) is 3. The van der Waals surface area contributed by atoms with Gasteiger partial charge < -0.3 is 14.6 Å². The minimum absolute atomic E-state index is 0.00610. The van der Waals surface area contributed by atoms with Gasteiger partial charge in [-0.2, -0.15) is 0 Å². The minimum Gasteiger partial charge on any atom is -0.484 e. The van der Waals surface area contributed by atoms with Gasteiger partial charge in [0, 0.05) is 30.5 Å². The zero-order valence-electron chi connectivity index (χ0n) is 11.9. The van der Waals surface area contributed by atoms with Gasteiger partial charge in [0.1, 0.15) is 5.75 Å². The van der Waals surface area contributed by atoms with E-state index in [1.54, 1.807) is 24.7 Å². The number of aryl methyl sites for hydroxylation is 2. The van der Waals surface area contributed by atoms with E-state index in [9.17, 15) is 4.79 Å². The van der Waals surface area contributed by atoms with Crippen LogP contribution in [0.2, 0.25) is 5.02 Å². The fourth-order valence-electron chi connectivity index (χ4n) is 1.82. The number of nitrogens with one attached hydrogen (secondary N) is 1. The van der Waals surface area contributed by atoms with Gasteiger partial charge in [-0.3, -0.25) is 4.79 Å². The quantitative estimate of drug-likeness (QED) is 0.799. The van der Waals surface area contributed by atoms with Gasteiger partial charge in [-0.25, -0.2) is 4.98 Å². The molecule has 0 spiro atoms. The molecular formula is C15H18ClN3O2. The number of ether oxygens (including phenoxy) is 1. The second-order valence-electron chi connectivity index (χ2n) is 4.70. The first-order valence-corrected chi connectivity index (χ1v) is 7.14. The maximum Gasteiger partial charge on any atom is 0.257 e. The van der Waals surface area contributed by atoms with Crippen molar-refractivity contribution in [3.8, 4) is 5.75 Å².